The monoisotopic (exact) mass is 286 g/mol. The average Bonchev–Trinajstić information content (AvgIpc) is 2.45. The van der Waals surface area contributed by atoms with Crippen molar-refractivity contribution in [1.82, 2.24) is 4.98 Å². The van der Waals surface area contributed by atoms with Crippen molar-refractivity contribution in [3.05, 3.63) is 70.6 Å². The van der Waals surface area contributed by atoms with Gasteiger partial charge in [0.2, 0.25) is 0 Å². The van der Waals surface area contributed by atoms with Gasteiger partial charge in [-0.3, -0.25) is 9.78 Å². The molecular weight excluding hydrogens is 272 g/mol. The first-order valence-corrected chi connectivity index (χ1v) is 6.60. The van der Waals surface area contributed by atoms with Gasteiger partial charge in [0.25, 0.3) is 0 Å². The molecule has 20 heavy (non-hydrogen) atoms. The molecule has 0 amide bonds. The van der Waals surface area contributed by atoms with E-state index in [1.807, 2.05) is 32.0 Å². The summed E-state index contributed by atoms with van der Waals surface area (Å²) in [5.41, 5.74) is 3.17. The molecule has 0 unspecified atom stereocenters. The fourth-order valence-corrected chi connectivity index (χ4v) is 1.95. The van der Waals surface area contributed by atoms with Gasteiger partial charge in [-0.2, -0.15) is 0 Å². The average molecular weight is 287 g/mol. The van der Waals surface area contributed by atoms with E-state index < -0.39 is 0 Å². The van der Waals surface area contributed by atoms with Crippen molar-refractivity contribution in [2.24, 2.45) is 0 Å². The molecular formula is C16H15ClN2O. The molecule has 0 aliphatic carbocycles. The van der Waals surface area contributed by atoms with E-state index in [4.69, 9.17) is 11.6 Å². The maximum absolute atomic E-state index is 12.0. The second-order valence-corrected chi connectivity index (χ2v) is 4.88. The minimum atomic E-state index is -0.0808. The molecule has 0 spiro atoms. The largest absolute Gasteiger partial charge is 0.359 e. The predicted molar refractivity (Wildman–Crippen MR) is 82.1 cm³/mol. The molecule has 0 atom stereocenters. The first kappa shape index (κ1) is 14.3. The molecule has 0 fully saturated rings. The van der Waals surface area contributed by atoms with Crippen molar-refractivity contribution in [2.45, 2.75) is 13.8 Å². The van der Waals surface area contributed by atoms with E-state index >= 15 is 0 Å². The van der Waals surface area contributed by atoms with Crippen LogP contribution in [0.4, 0.5) is 5.69 Å². The van der Waals surface area contributed by atoms with Gasteiger partial charge in [-0.05, 0) is 43.7 Å². The standard InChI is InChI=1S/C16H15ClN2O/c1-11(9-16(20)13-5-4-8-18-10-13)19-15-7-3-6-14(17)12(15)2/h3-10,19H,1-2H3/b11-9+. The number of aromatic nitrogens is 1. The minimum absolute atomic E-state index is 0.0808. The van der Waals surface area contributed by atoms with Gasteiger partial charge in [-0.25, -0.2) is 0 Å². The highest BCUT2D eigenvalue weighted by atomic mass is 35.5. The van der Waals surface area contributed by atoms with Crippen LogP contribution in [0, 0.1) is 6.92 Å². The summed E-state index contributed by atoms with van der Waals surface area (Å²) in [7, 11) is 0. The number of nitrogens with one attached hydrogen (secondary N) is 1. The Kier molecular flexibility index (Phi) is 4.53. The third-order valence-electron chi connectivity index (χ3n) is 2.89. The summed E-state index contributed by atoms with van der Waals surface area (Å²) >= 11 is 6.06. The Morgan fingerprint density at radius 1 is 1.30 bits per heavy atom. The highest BCUT2D eigenvalue weighted by Gasteiger charge is 2.05. The van der Waals surface area contributed by atoms with Crippen LogP contribution < -0.4 is 5.32 Å². The van der Waals surface area contributed by atoms with E-state index in [0.717, 1.165) is 16.9 Å². The molecule has 0 bridgehead atoms. The third kappa shape index (κ3) is 3.45. The number of hydrogen-bond acceptors (Lipinski definition) is 3. The fourth-order valence-electron chi connectivity index (χ4n) is 1.78. The summed E-state index contributed by atoms with van der Waals surface area (Å²) in [6.07, 6.45) is 4.75. The second-order valence-electron chi connectivity index (χ2n) is 4.47. The lowest BCUT2D eigenvalue weighted by atomic mass is 10.1. The number of ketones is 1. The number of benzene rings is 1. The molecule has 2 rings (SSSR count). The smallest absolute Gasteiger partial charge is 0.189 e. The molecule has 1 aromatic carbocycles. The van der Waals surface area contributed by atoms with Crippen LogP contribution in [0.5, 0.6) is 0 Å². The van der Waals surface area contributed by atoms with Crippen molar-refractivity contribution in [1.29, 1.82) is 0 Å². The number of anilines is 1. The summed E-state index contributed by atoms with van der Waals surface area (Å²) in [4.78, 5) is 15.9. The molecule has 4 heteroatoms. The number of pyridine rings is 1. The van der Waals surface area contributed by atoms with Gasteiger partial charge < -0.3 is 5.32 Å². The summed E-state index contributed by atoms with van der Waals surface area (Å²) < 4.78 is 0. The first-order chi connectivity index (χ1) is 9.58. The second kappa shape index (κ2) is 6.35. The van der Waals surface area contributed by atoms with Crippen LogP contribution in [0.25, 0.3) is 0 Å². The van der Waals surface area contributed by atoms with Crippen LogP contribution in [0.3, 0.4) is 0 Å². The summed E-state index contributed by atoms with van der Waals surface area (Å²) in [6.45, 7) is 3.77. The number of carbonyl (C=O) groups excluding carboxylic acids is 1. The van der Waals surface area contributed by atoms with Crippen molar-refractivity contribution < 1.29 is 4.79 Å². The maximum Gasteiger partial charge on any atom is 0.189 e. The molecule has 0 saturated heterocycles. The Labute approximate surface area is 123 Å². The lowest BCUT2D eigenvalue weighted by Gasteiger charge is -2.10. The molecule has 1 aromatic heterocycles. The number of halogens is 1. The normalized spacial score (nSPS) is 11.2. The van der Waals surface area contributed by atoms with Gasteiger partial charge in [0, 0.05) is 40.4 Å². The quantitative estimate of drug-likeness (QED) is 0.675. The van der Waals surface area contributed by atoms with Crippen LogP contribution in [0.15, 0.2) is 54.5 Å². The van der Waals surface area contributed by atoms with Crippen molar-refractivity contribution in [3.63, 3.8) is 0 Å². The van der Waals surface area contributed by atoms with Gasteiger partial charge in [-0.1, -0.05) is 17.7 Å². The first-order valence-electron chi connectivity index (χ1n) is 6.22. The van der Waals surface area contributed by atoms with Crippen molar-refractivity contribution in [3.8, 4) is 0 Å². The highest BCUT2D eigenvalue weighted by Crippen LogP contribution is 2.24. The summed E-state index contributed by atoms with van der Waals surface area (Å²) in [5.74, 6) is -0.0808. The summed E-state index contributed by atoms with van der Waals surface area (Å²) in [5, 5.41) is 3.88. The molecule has 0 aliphatic rings. The van der Waals surface area contributed by atoms with Crippen molar-refractivity contribution in [2.75, 3.05) is 5.32 Å². The highest BCUT2D eigenvalue weighted by molar-refractivity contribution is 6.31. The molecule has 0 saturated carbocycles. The number of carbonyl (C=O) groups is 1. The molecule has 0 aliphatic heterocycles. The number of allylic oxidation sites excluding steroid dienone is 2. The third-order valence-corrected chi connectivity index (χ3v) is 3.30. The molecule has 3 nitrogen and oxygen atoms in total. The predicted octanol–water partition coefficient (Wildman–Crippen LogP) is 4.24. The van der Waals surface area contributed by atoms with Crippen LogP contribution >= 0.6 is 11.6 Å². The van der Waals surface area contributed by atoms with Gasteiger partial charge >= 0.3 is 0 Å². The molecule has 1 heterocycles. The lowest BCUT2D eigenvalue weighted by Crippen LogP contribution is -2.02. The Bertz CT molecular complexity index is 651. The van der Waals surface area contributed by atoms with Gasteiger partial charge in [-0.15, -0.1) is 0 Å². The van der Waals surface area contributed by atoms with Crippen LogP contribution in [-0.2, 0) is 0 Å². The van der Waals surface area contributed by atoms with E-state index in [9.17, 15) is 4.79 Å². The SMILES string of the molecule is C/C(=C\C(=O)c1cccnc1)Nc1cccc(Cl)c1C. The Balaban J connectivity index is 2.16. The van der Waals surface area contributed by atoms with Crippen molar-refractivity contribution >= 4 is 23.1 Å². The van der Waals surface area contributed by atoms with E-state index in [2.05, 4.69) is 10.3 Å². The van der Waals surface area contributed by atoms with E-state index in [0.29, 0.717) is 10.6 Å². The number of nitrogens with zero attached hydrogens (tertiary/aromatic N) is 1. The topological polar surface area (TPSA) is 42.0 Å². The molecule has 0 radical (unpaired) electrons. The van der Waals surface area contributed by atoms with Crippen LogP contribution in [-0.4, -0.2) is 10.8 Å². The van der Waals surface area contributed by atoms with E-state index in [-0.39, 0.29) is 5.78 Å². The Morgan fingerprint density at radius 3 is 2.80 bits per heavy atom. The van der Waals surface area contributed by atoms with Gasteiger partial charge in [0.1, 0.15) is 0 Å². The zero-order valence-electron chi connectivity index (χ0n) is 11.4. The Hall–Kier alpha value is -2.13. The number of hydrogen-bond donors (Lipinski definition) is 1. The minimum Gasteiger partial charge on any atom is -0.359 e. The Morgan fingerprint density at radius 2 is 2.10 bits per heavy atom. The number of rotatable bonds is 4. The fraction of sp³-hybridized carbons (Fsp3) is 0.125. The molecule has 102 valence electrons. The maximum atomic E-state index is 12.0. The van der Waals surface area contributed by atoms with E-state index in [1.54, 1.807) is 30.6 Å². The molecule has 2 aromatic rings. The van der Waals surface area contributed by atoms with Gasteiger partial charge in [0.15, 0.2) is 5.78 Å². The zero-order valence-corrected chi connectivity index (χ0v) is 12.1. The lowest BCUT2D eigenvalue weighted by molar-refractivity contribution is 0.104. The van der Waals surface area contributed by atoms with Crippen LogP contribution in [0.1, 0.15) is 22.8 Å². The summed E-state index contributed by atoms with van der Waals surface area (Å²) in [6, 6.07) is 9.11. The van der Waals surface area contributed by atoms with Gasteiger partial charge in [0.05, 0.1) is 0 Å². The van der Waals surface area contributed by atoms with E-state index in [1.165, 1.54) is 0 Å². The zero-order chi connectivity index (χ0) is 14.5. The van der Waals surface area contributed by atoms with Crippen LogP contribution in [0.2, 0.25) is 5.02 Å². The molecule has 1 N–H and O–H groups in total.